The van der Waals surface area contributed by atoms with Crippen LogP contribution in [0.4, 0.5) is 0 Å². The Hall–Kier alpha value is -2.64. The van der Waals surface area contributed by atoms with Crippen molar-refractivity contribution in [2.75, 3.05) is 6.54 Å². The third-order valence-electron chi connectivity index (χ3n) is 5.26. The van der Waals surface area contributed by atoms with Gasteiger partial charge in [0.1, 0.15) is 12.5 Å². The van der Waals surface area contributed by atoms with Gasteiger partial charge in [0, 0.05) is 19.0 Å². The minimum Gasteiger partial charge on any atom is -0.451 e. The number of carbonyl (C=O) groups excluding carboxylic acids is 2. The monoisotopic (exact) mass is 358 g/mol. The van der Waals surface area contributed by atoms with Crippen molar-refractivity contribution in [1.82, 2.24) is 19.8 Å². The molecule has 0 radical (unpaired) electrons. The summed E-state index contributed by atoms with van der Waals surface area (Å²) in [6.45, 7) is 1.14. The zero-order valence-corrected chi connectivity index (χ0v) is 14.5. The first-order valence-electron chi connectivity index (χ1n) is 9.03. The largest absolute Gasteiger partial charge is 0.451 e. The van der Waals surface area contributed by atoms with Crippen molar-refractivity contribution in [3.05, 3.63) is 36.7 Å². The van der Waals surface area contributed by atoms with Crippen LogP contribution in [0.15, 0.2) is 34.1 Å². The van der Waals surface area contributed by atoms with Crippen molar-refractivity contribution < 1.29 is 18.4 Å². The summed E-state index contributed by atoms with van der Waals surface area (Å²) < 4.78 is 10.0. The van der Waals surface area contributed by atoms with Crippen LogP contribution in [0.2, 0.25) is 0 Å². The first kappa shape index (κ1) is 16.8. The van der Waals surface area contributed by atoms with Gasteiger partial charge in [0.25, 0.3) is 0 Å². The fraction of sp³-hybridized carbons (Fsp3) is 0.556. The van der Waals surface area contributed by atoms with E-state index in [-0.39, 0.29) is 24.2 Å². The molecule has 4 rings (SSSR count). The molecule has 1 aliphatic carbocycles. The van der Waals surface area contributed by atoms with Crippen LogP contribution in [0.5, 0.6) is 0 Å². The molecule has 138 valence electrons. The highest BCUT2D eigenvalue weighted by Crippen LogP contribution is 2.30. The van der Waals surface area contributed by atoms with E-state index in [1.165, 1.54) is 25.3 Å². The number of rotatable bonds is 6. The Morgan fingerprint density at radius 2 is 1.73 bits per heavy atom. The van der Waals surface area contributed by atoms with Crippen LogP contribution < -0.4 is 0 Å². The van der Waals surface area contributed by atoms with Gasteiger partial charge in [-0.15, -0.1) is 0 Å². The first-order chi connectivity index (χ1) is 12.7. The predicted molar refractivity (Wildman–Crippen MR) is 89.3 cm³/mol. The predicted octanol–water partition coefficient (Wildman–Crippen LogP) is 1.98. The van der Waals surface area contributed by atoms with Gasteiger partial charge in [0.15, 0.2) is 12.8 Å². The molecular weight excluding hydrogens is 336 g/mol. The number of likely N-dealkylation sites (tertiary alicyclic amines) is 1. The highest BCUT2D eigenvalue weighted by molar-refractivity contribution is 5.89. The molecule has 0 spiro atoms. The van der Waals surface area contributed by atoms with Crippen LogP contribution in [0.25, 0.3) is 0 Å². The number of oxazole rings is 2. The van der Waals surface area contributed by atoms with E-state index in [4.69, 9.17) is 8.83 Å². The summed E-state index contributed by atoms with van der Waals surface area (Å²) in [5.74, 6) is -0.273. The summed E-state index contributed by atoms with van der Waals surface area (Å²) in [6.07, 6.45) is 10.4. The van der Waals surface area contributed by atoms with Crippen LogP contribution in [-0.4, -0.2) is 44.2 Å². The molecule has 0 N–H and O–H groups in total. The number of hydrogen-bond donors (Lipinski definition) is 0. The SMILES string of the molecule is O=C([C@H]1CC(=O)N(C2CCCC2)C1)N(Cc1cocn1)Cc1cocn1. The third-order valence-corrected chi connectivity index (χ3v) is 5.26. The highest BCUT2D eigenvalue weighted by atomic mass is 16.3. The van der Waals surface area contributed by atoms with E-state index < -0.39 is 0 Å². The average molecular weight is 358 g/mol. The molecule has 1 saturated carbocycles. The summed E-state index contributed by atoms with van der Waals surface area (Å²) in [6, 6.07) is 0.305. The van der Waals surface area contributed by atoms with Crippen molar-refractivity contribution in [2.45, 2.75) is 51.2 Å². The minimum absolute atomic E-state index is 0.0511. The Labute approximate surface area is 151 Å². The summed E-state index contributed by atoms with van der Waals surface area (Å²) in [5.41, 5.74) is 1.33. The van der Waals surface area contributed by atoms with E-state index in [1.807, 2.05) is 4.90 Å². The van der Waals surface area contributed by atoms with Crippen LogP contribution in [0.3, 0.4) is 0 Å². The van der Waals surface area contributed by atoms with E-state index in [0.29, 0.717) is 37.1 Å². The van der Waals surface area contributed by atoms with Gasteiger partial charge in [-0.25, -0.2) is 9.97 Å². The molecule has 0 unspecified atom stereocenters. The van der Waals surface area contributed by atoms with Crippen LogP contribution in [0.1, 0.15) is 43.5 Å². The quantitative estimate of drug-likeness (QED) is 0.784. The lowest BCUT2D eigenvalue weighted by Crippen LogP contribution is -2.38. The second kappa shape index (κ2) is 7.31. The minimum atomic E-state index is -0.318. The molecule has 1 aliphatic heterocycles. The number of hydrogen-bond acceptors (Lipinski definition) is 6. The molecule has 0 aromatic carbocycles. The second-order valence-electron chi connectivity index (χ2n) is 7.04. The highest BCUT2D eigenvalue weighted by Gasteiger charge is 2.40. The summed E-state index contributed by atoms with van der Waals surface area (Å²) in [7, 11) is 0. The van der Waals surface area contributed by atoms with Gasteiger partial charge in [-0.1, -0.05) is 12.8 Å². The molecule has 26 heavy (non-hydrogen) atoms. The lowest BCUT2D eigenvalue weighted by Gasteiger charge is -2.26. The normalized spacial score (nSPS) is 20.8. The number of amides is 2. The molecule has 2 aromatic rings. The Kier molecular flexibility index (Phi) is 4.73. The van der Waals surface area contributed by atoms with Gasteiger partial charge in [0.05, 0.1) is 30.4 Å². The molecule has 2 amide bonds. The number of aromatic nitrogens is 2. The van der Waals surface area contributed by atoms with Crippen molar-refractivity contribution in [3.8, 4) is 0 Å². The standard InChI is InChI=1S/C18H22N4O4/c23-17-5-13(6-22(17)16-3-1-2-4-16)18(24)21(7-14-9-25-11-19-14)8-15-10-26-12-20-15/h9-13,16H,1-8H2/t13-/m0/s1. The van der Waals surface area contributed by atoms with E-state index in [1.54, 1.807) is 4.90 Å². The van der Waals surface area contributed by atoms with Crippen molar-refractivity contribution >= 4 is 11.8 Å². The van der Waals surface area contributed by atoms with Crippen molar-refractivity contribution in [3.63, 3.8) is 0 Å². The number of nitrogens with zero attached hydrogens (tertiary/aromatic N) is 4. The Bertz CT molecular complexity index is 701. The van der Waals surface area contributed by atoms with Crippen LogP contribution in [-0.2, 0) is 22.7 Å². The maximum atomic E-state index is 13.1. The molecule has 1 saturated heterocycles. The molecule has 8 nitrogen and oxygen atoms in total. The smallest absolute Gasteiger partial charge is 0.228 e. The number of carbonyl (C=O) groups is 2. The average Bonchev–Trinajstić information content (AvgIpc) is 3.41. The van der Waals surface area contributed by atoms with Crippen molar-refractivity contribution in [1.29, 1.82) is 0 Å². The van der Waals surface area contributed by atoms with Crippen molar-refractivity contribution in [2.24, 2.45) is 5.92 Å². The molecule has 2 fully saturated rings. The molecule has 3 heterocycles. The van der Waals surface area contributed by atoms with Gasteiger partial charge in [-0.05, 0) is 12.8 Å². The molecule has 0 bridgehead atoms. The second-order valence-corrected chi connectivity index (χ2v) is 7.04. The summed E-state index contributed by atoms with van der Waals surface area (Å²) in [4.78, 5) is 37.4. The van der Waals surface area contributed by atoms with E-state index >= 15 is 0 Å². The Morgan fingerprint density at radius 3 is 2.27 bits per heavy atom. The molecule has 8 heteroatoms. The molecular formula is C18H22N4O4. The van der Waals surface area contributed by atoms with Gasteiger partial charge < -0.3 is 18.6 Å². The zero-order valence-electron chi connectivity index (χ0n) is 14.5. The van der Waals surface area contributed by atoms with E-state index in [2.05, 4.69) is 9.97 Å². The lowest BCUT2D eigenvalue weighted by atomic mass is 10.1. The first-order valence-corrected chi connectivity index (χ1v) is 9.03. The van der Waals surface area contributed by atoms with Crippen LogP contribution >= 0.6 is 0 Å². The third kappa shape index (κ3) is 3.49. The van der Waals surface area contributed by atoms with Gasteiger partial charge in [-0.3, -0.25) is 9.59 Å². The zero-order chi connectivity index (χ0) is 17.9. The summed E-state index contributed by atoms with van der Waals surface area (Å²) in [5, 5.41) is 0. The Morgan fingerprint density at radius 1 is 1.12 bits per heavy atom. The molecule has 1 atom stereocenters. The van der Waals surface area contributed by atoms with Crippen LogP contribution in [0, 0.1) is 5.92 Å². The summed E-state index contributed by atoms with van der Waals surface area (Å²) >= 11 is 0. The van der Waals surface area contributed by atoms with E-state index in [9.17, 15) is 9.59 Å². The van der Waals surface area contributed by atoms with Gasteiger partial charge in [0.2, 0.25) is 11.8 Å². The Balaban J connectivity index is 1.47. The fourth-order valence-corrected chi connectivity index (χ4v) is 3.96. The van der Waals surface area contributed by atoms with Gasteiger partial charge >= 0.3 is 0 Å². The maximum Gasteiger partial charge on any atom is 0.228 e. The van der Waals surface area contributed by atoms with Gasteiger partial charge in [-0.2, -0.15) is 0 Å². The molecule has 2 aliphatic rings. The maximum absolute atomic E-state index is 13.1. The lowest BCUT2D eigenvalue weighted by molar-refractivity contribution is -0.137. The van der Waals surface area contributed by atoms with E-state index in [0.717, 1.165) is 25.7 Å². The molecule has 2 aromatic heterocycles. The fourth-order valence-electron chi connectivity index (χ4n) is 3.96. The topological polar surface area (TPSA) is 92.7 Å².